The molecule has 0 heterocycles. The highest BCUT2D eigenvalue weighted by atomic mass is 79.9. The highest BCUT2D eigenvalue weighted by Crippen LogP contribution is 2.38. The Bertz CT molecular complexity index is 1280. The lowest BCUT2D eigenvalue weighted by Crippen LogP contribution is -2.09. The molecule has 0 bridgehead atoms. The van der Waals surface area contributed by atoms with Gasteiger partial charge in [-0.3, -0.25) is 0 Å². The Kier molecular flexibility index (Phi) is 5.19. The van der Waals surface area contributed by atoms with Crippen LogP contribution in [0, 0.1) is 0 Å². The number of hydrogen-bond acceptors (Lipinski definition) is 2. The number of nitrogens with zero attached hydrogens (tertiary/aromatic N) is 1. The third-order valence-corrected chi connectivity index (χ3v) is 6.15. The molecule has 5 rings (SSSR count). The monoisotopic (exact) mass is 464 g/mol. The maximum Gasteiger partial charge on any atom is 0.0462 e. The number of nitrogens with two attached hydrogens (primary N) is 1. The van der Waals surface area contributed by atoms with E-state index in [2.05, 4.69) is 112 Å². The van der Waals surface area contributed by atoms with Crippen molar-refractivity contribution >= 4 is 49.5 Å². The summed E-state index contributed by atoms with van der Waals surface area (Å²) in [5.41, 5.74) is 12.7. The molecule has 5 aromatic rings. The minimum Gasteiger partial charge on any atom is -0.398 e. The average Bonchev–Trinajstić information content (AvgIpc) is 2.82. The van der Waals surface area contributed by atoms with Crippen LogP contribution in [0.15, 0.2) is 120 Å². The first-order valence-corrected chi connectivity index (χ1v) is 11.0. The average molecular weight is 465 g/mol. The van der Waals surface area contributed by atoms with Gasteiger partial charge in [-0.2, -0.15) is 0 Å². The first-order chi connectivity index (χ1) is 15.2. The summed E-state index contributed by atoms with van der Waals surface area (Å²) in [7, 11) is 0. The van der Waals surface area contributed by atoms with Gasteiger partial charge in [0.2, 0.25) is 0 Å². The second kappa shape index (κ2) is 8.29. The number of para-hydroxylation sites is 2. The number of hydrogen-bond donors (Lipinski definition) is 1. The van der Waals surface area contributed by atoms with Crippen molar-refractivity contribution in [2.45, 2.75) is 0 Å². The van der Waals surface area contributed by atoms with Gasteiger partial charge in [0.1, 0.15) is 0 Å². The Morgan fingerprint density at radius 1 is 0.548 bits per heavy atom. The molecular weight excluding hydrogens is 444 g/mol. The van der Waals surface area contributed by atoms with E-state index in [0.29, 0.717) is 0 Å². The lowest BCUT2D eigenvalue weighted by Gasteiger charge is -2.25. The number of halogens is 1. The van der Waals surface area contributed by atoms with Crippen molar-refractivity contribution in [1.29, 1.82) is 0 Å². The summed E-state index contributed by atoms with van der Waals surface area (Å²) >= 11 is 3.65. The Labute approximate surface area is 190 Å². The SMILES string of the molecule is Nc1ccc(-c2ccc(N(c3ccccc3)c3ccccc3)cc2)c2cccc(Br)c12. The molecule has 0 saturated heterocycles. The molecular formula is C28H21BrN2. The van der Waals surface area contributed by atoms with E-state index in [-0.39, 0.29) is 0 Å². The van der Waals surface area contributed by atoms with Crippen LogP contribution >= 0.6 is 15.9 Å². The Morgan fingerprint density at radius 2 is 1.13 bits per heavy atom. The molecule has 0 amide bonds. The molecule has 0 atom stereocenters. The maximum atomic E-state index is 6.26. The fraction of sp³-hybridized carbons (Fsp3) is 0. The smallest absolute Gasteiger partial charge is 0.0462 e. The minimum atomic E-state index is 0.780. The van der Waals surface area contributed by atoms with Crippen LogP contribution in [0.4, 0.5) is 22.7 Å². The van der Waals surface area contributed by atoms with Crippen molar-refractivity contribution in [2.75, 3.05) is 10.6 Å². The van der Waals surface area contributed by atoms with Gasteiger partial charge in [0, 0.05) is 32.6 Å². The second-order valence-corrected chi connectivity index (χ2v) is 8.27. The molecule has 150 valence electrons. The number of benzene rings is 5. The number of nitrogen functional groups attached to an aromatic ring is 1. The van der Waals surface area contributed by atoms with E-state index >= 15 is 0 Å². The van der Waals surface area contributed by atoms with Crippen molar-refractivity contribution in [3.05, 3.63) is 120 Å². The Hall–Kier alpha value is -3.56. The molecule has 0 aliphatic carbocycles. The van der Waals surface area contributed by atoms with Crippen LogP contribution in [0.2, 0.25) is 0 Å². The van der Waals surface area contributed by atoms with E-state index in [1.807, 2.05) is 24.3 Å². The van der Waals surface area contributed by atoms with E-state index in [4.69, 9.17) is 5.73 Å². The third-order valence-electron chi connectivity index (χ3n) is 5.49. The largest absolute Gasteiger partial charge is 0.398 e. The zero-order chi connectivity index (χ0) is 21.2. The molecule has 31 heavy (non-hydrogen) atoms. The van der Waals surface area contributed by atoms with Crippen molar-refractivity contribution < 1.29 is 0 Å². The summed E-state index contributed by atoms with van der Waals surface area (Å²) < 4.78 is 1.01. The molecule has 2 N–H and O–H groups in total. The molecule has 0 radical (unpaired) electrons. The lowest BCUT2D eigenvalue weighted by atomic mass is 9.97. The fourth-order valence-corrected chi connectivity index (χ4v) is 4.63. The zero-order valence-electron chi connectivity index (χ0n) is 16.9. The van der Waals surface area contributed by atoms with Crippen molar-refractivity contribution in [1.82, 2.24) is 0 Å². The van der Waals surface area contributed by atoms with Gasteiger partial charge in [0.05, 0.1) is 0 Å². The van der Waals surface area contributed by atoms with Crippen LogP contribution in [-0.2, 0) is 0 Å². The van der Waals surface area contributed by atoms with Crippen LogP contribution in [0.25, 0.3) is 21.9 Å². The van der Waals surface area contributed by atoms with Crippen LogP contribution in [-0.4, -0.2) is 0 Å². The van der Waals surface area contributed by atoms with E-state index in [1.165, 1.54) is 5.56 Å². The van der Waals surface area contributed by atoms with E-state index in [0.717, 1.165) is 43.6 Å². The number of fused-ring (bicyclic) bond motifs is 1. The topological polar surface area (TPSA) is 29.3 Å². The van der Waals surface area contributed by atoms with E-state index in [9.17, 15) is 0 Å². The molecule has 0 spiro atoms. The Morgan fingerprint density at radius 3 is 1.74 bits per heavy atom. The summed E-state index contributed by atoms with van der Waals surface area (Å²) in [6.45, 7) is 0. The highest BCUT2D eigenvalue weighted by molar-refractivity contribution is 9.10. The van der Waals surface area contributed by atoms with Gasteiger partial charge in [-0.25, -0.2) is 0 Å². The van der Waals surface area contributed by atoms with Crippen LogP contribution in [0.1, 0.15) is 0 Å². The normalized spacial score (nSPS) is 10.9. The molecule has 0 aliphatic heterocycles. The van der Waals surface area contributed by atoms with Crippen LogP contribution in [0.3, 0.4) is 0 Å². The fourth-order valence-electron chi connectivity index (χ4n) is 4.03. The third kappa shape index (κ3) is 3.69. The van der Waals surface area contributed by atoms with Gasteiger partial charge in [0.15, 0.2) is 0 Å². The van der Waals surface area contributed by atoms with Gasteiger partial charge >= 0.3 is 0 Å². The highest BCUT2D eigenvalue weighted by Gasteiger charge is 2.13. The predicted molar refractivity (Wildman–Crippen MR) is 136 cm³/mol. The van der Waals surface area contributed by atoms with Crippen molar-refractivity contribution in [3.8, 4) is 11.1 Å². The predicted octanol–water partition coefficient (Wildman–Crippen LogP) is 8.32. The van der Waals surface area contributed by atoms with Gasteiger partial charge in [-0.05, 0) is 65.0 Å². The summed E-state index contributed by atoms with van der Waals surface area (Å²) in [6, 6.07) is 39.9. The molecule has 0 aromatic heterocycles. The lowest BCUT2D eigenvalue weighted by molar-refractivity contribution is 1.28. The van der Waals surface area contributed by atoms with Gasteiger partial charge in [-0.15, -0.1) is 0 Å². The quantitative estimate of drug-likeness (QED) is 0.271. The Balaban J connectivity index is 1.61. The molecule has 0 saturated carbocycles. The minimum absolute atomic E-state index is 0.780. The summed E-state index contributed by atoms with van der Waals surface area (Å²) in [4.78, 5) is 2.27. The number of rotatable bonds is 4. The van der Waals surface area contributed by atoms with Crippen LogP contribution in [0.5, 0.6) is 0 Å². The summed E-state index contributed by atoms with van der Waals surface area (Å²) in [5.74, 6) is 0. The standard InChI is InChI=1S/C28H21BrN2/c29-26-13-7-12-25-24(18-19-27(30)28(25)26)20-14-16-23(17-15-20)31(21-8-3-1-4-9-21)22-10-5-2-6-11-22/h1-19H,30H2. The van der Waals surface area contributed by atoms with Crippen LogP contribution < -0.4 is 10.6 Å². The molecule has 5 aromatic carbocycles. The number of anilines is 4. The van der Waals surface area contributed by atoms with E-state index < -0.39 is 0 Å². The summed E-state index contributed by atoms with van der Waals surface area (Å²) in [5, 5.41) is 2.20. The van der Waals surface area contributed by atoms with E-state index in [1.54, 1.807) is 0 Å². The molecule has 3 heteroatoms. The van der Waals surface area contributed by atoms with Gasteiger partial charge in [0.25, 0.3) is 0 Å². The molecule has 2 nitrogen and oxygen atoms in total. The zero-order valence-corrected chi connectivity index (χ0v) is 18.5. The molecule has 0 aliphatic rings. The van der Waals surface area contributed by atoms with Crippen molar-refractivity contribution in [3.63, 3.8) is 0 Å². The molecule has 0 fully saturated rings. The first kappa shape index (κ1) is 19.4. The molecule has 0 unspecified atom stereocenters. The van der Waals surface area contributed by atoms with Crippen molar-refractivity contribution in [2.24, 2.45) is 0 Å². The maximum absolute atomic E-state index is 6.26. The van der Waals surface area contributed by atoms with Gasteiger partial charge < -0.3 is 10.6 Å². The van der Waals surface area contributed by atoms with Gasteiger partial charge in [-0.1, -0.05) is 82.7 Å². The second-order valence-electron chi connectivity index (χ2n) is 7.42. The summed E-state index contributed by atoms with van der Waals surface area (Å²) in [6.07, 6.45) is 0. The first-order valence-electron chi connectivity index (χ1n) is 10.2.